The van der Waals surface area contributed by atoms with E-state index in [2.05, 4.69) is 11.9 Å². The lowest BCUT2D eigenvalue weighted by Crippen LogP contribution is -2.52. The van der Waals surface area contributed by atoms with Crippen molar-refractivity contribution in [1.82, 2.24) is 15.1 Å². The molecule has 12 heteroatoms. The molecule has 3 aliphatic heterocycles. The van der Waals surface area contributed by atoms with Crippen molar-refractivity contribution in [3.05, 3.63) is 35.9 Å². The zero-order valence-electron chi connectivity index (χ0n) is 24.8. The van der Waals surface area contributed by atoms with Crippen LogP contribution in [-0.4, -0.2) is 78.1 Å². The number of amides is 3. The molecule has 3 amide bonds. The third-order valence-corrected chi connectivity index (χ3v) is 7.35. The Kier molecular flexibility index (Phi) is 9.85. The standard InChI is InChI=1S/C30H41N3O9/c1-6-7-8-9-10-11-22(31-28(36)42-30(2,3)4)26(34)33-17-21(14-23(33)27(35)38-5)41-29(37)32-15-19-12-24-25(40-18-39-24)13-20(19)16-32/h6,12-13,21-23H,1,7-11,14-18H2,2-5H3,(H,31,36). The Morgan fingerprint density at radius 2 is 1.76 bits per heavy atom. The Morgan fingerprint density at radius 3 is 2.36 bits per heavy atom. The Morgan fingerprint density at radius 1 is 1.10 bits per heavy atom. The number of nitrogens with zero attached hydrogens (tertiary/aromatic N) is 2. The van der Waals surface area contributed by atoms with Crippen LogP contribution in [0.25, 0.3) is 0 Å². The molecular formula is C30H41N3O9. The largest absolute Gasteiger partial charge is 0.467 e. The number of likely N-dealkylation sites (tertiary alicyclic amines) is 1. The van der Waals surface area contributed by atoms with Crippen LogP contribution in [0.4, 0.5) is 9.59 Å². The zero-order chi connectivity index (χ0) is 30.4. The number of hydrogen-bond donors (Lipinski definition) is 1. The number of esters is 1. The first kappa shape index (κ1) is 31.0. The molecule has 0 aromatic heterocycles. The average Bonchev–Trinajstić information content (AvgIpc) is 3.66. The minimum Gasteiger partial charge on any atom is -0.467 e. The molecule has 1 fully saturated rings. The number of ether oxygens (including phenoxy) is 5. The Bertz CT molecular complexity index is 1160. The maximum absolute atomic E-state index is 13.8. The fraction of sp³-hybridized carbons (Fsp3) is 0.600. The van der Waals surface area contributed by atoms with E-state index in [0.717, 1.165) is 30.4 Å². The third-order valence-electron chi connectivity index (χ3n) is 7.35. The van der Waals surface area contributed by atoms with Crippen LogP contribution in [0.5, 0.6) is 11.5 Å². The molecule has 0 spiro atoms. The molecule has 1 aromatic carbocycles. The molecule has 1 saturated heterocycles. The van der Waals surface area contributed by atoms with Crippen molar-refractivity contribution in [3.63, 3.8) is 0 Å². The summed E-state index contributed by atoms with van der Waals surface area (Å²) in [6, 6.07) is 1.84. The van der Waals surface area contributed by atoms with Gasteiger partial charge in [0, 0.05) is 19.5 Å². The topological polar surface area (TPSA) is 133 Å². The molecule has 3 heterocycles. The number of carbonyl (C=O) groups excluding carboxylic acids is 4. The number of hydrogen-bond acceptors (Lipinski definition) is 9. The van der Waals surface area contributed by atoms with Crippen LogP contribution < -0.4 is 14.8 Å². The van der Waals surface area contributed by atoms with Crippen LogP contribution >= 0.6 is 0 Å². The summed E-state index contributed by atoms with van der Waals surface area (Å²) in [7, 11) is 1.24. The van der Waals surface area contributed by atoms with Gasteiger partial charge in [-0.2, -0.15) is 0 Å². The SMILES string of the molecule is C=CCCCCCC(NC(=O)OC(C)(C)C)C(=O)N1CC(OC(=O)N2Cc3cc4c(cc3C2)OCO4)CC1C(=O)OC. The van der Waals surface area contributed by atoms with E-state index >= 15 is 0 Å². The summed E-state index contributed by atoms with van der Waals surface area (Å²) < 4.78 is 27.0. The van der Waals surface area contributed by atoms with Crippen molar-refractivity contribution < 1.29 is 42.9 Å². The Hall–Kier alpha value is -3.96. The second-order valence-corrected chi connectivity index (χ2v) is 11.7. The summed E-state index contributed by atoms with van der Waals surface area (Å²) in [4.78, 5) is 55.1. The van der Waals surface area contributed by atoms with E-state index in [1.165, 1.54) is 12.0 Å². The number of fused-ring (bicyclic) bond motifs is 2. The van der Waals surface area contributed by atoms with Crippen LogP contribution in [0.2, 0.25) is 0 Å². The molecule has 230 valence electrons. The maximum Gasteiger partial charge on any atom is 0.410 e. The smallest absolute Gasteiger partial charge is 0.410 e. The fourth-order valence-electron chi connectivity index (χ4n) is 5.34. The summed E-state index contributed by atoms with van der Waals surface area (Å²) in [5, 5.41) is 2.69. The quantitative estimate of drug-likeness (QED) is 0.186. The van der Waals surface area contributed by atoms with Gasteiger partial charge in [0.05, 0.1) is 13.7 Å². The van der Waals surface area contributed by atoms with E-state index in [9.17, 15) is 19.2 Å². The summed E-state index contributed by atoms with van der Waals surface area (Å²) in [5.74, 6) is 0.212. The second-order valence-electron chi connectivity index (χ2n) is 11.7. The number of carbonyl (C=O) groups is 4. The summed E-state index contributed by atoms with van der Waals surface area (Å²) in [6.07, 6.45) is 3.54. The Labute approximate surface area is 246 Å². The first-order chi connectivity index (χ1) is 20.0. The highest BCUT2D eigenvalue weighted by Gasteiger charge is 2.45. The molecule has 0 saturated carbocycles. The molecule has 3 atom stereocenters. The van der Waals surface area contributed by atoms with E-state index in [-0.39, 0.29) is 19.8 Å². The number of rotatable bonds is 10. The van der Waals surface area contributed by atoms with E-state index < -0.39 is 47.9 Å². The lowest BCUT2D eigenvalue weighted by molar-refractivity contribution is -0.151. The first-order valence-electron chi connectivity index (χ1n) is 14.3. The molecule has 3 aliphatic rings. The van der Waals surface area contributed by atoms with Crippen molar-refractivity contribution in [2.45, 2.75) is 96.2 Å². The number of nitrogens with one attached hydrogen (secondary N) is 1. The van der Waals surface area contributed by atoms with Gasteiger partial charge in [-0.3, -0.25) is 9.69 Å². The van der Waals surface area contributed by atoms with Crippen molar-refractivity contribution >= 4 is 24.1 Å². The summed E-state index contributed by atoms with van der Waals surface area (Å²) in [5.41, 5.74) is 1.13. The van der Waals surface area contributed by atoms with Gasteiger partial charge in [0.25, 0.3) is 0 Å². The molecule has 1 N–H and O–H groups in total. The lowest BCUT2D eigenvalue weighted by atomic mass is 10.1. The van der Waals surface area contributed by atoms with Gasteiger partial charge in [-0.25, -0.2) is 14.4 Å². The molecule has 1 aromatic rings. The van der Waals surface area contributed by atoms with Crippen LogP contribution in [0, 0.1) is 0 Å². The Balaban J connectivity index is 1.42. The predicted octanol–water partition coefficient (Wildman–Crippen LogP) is 4.04. The highest BCUT2D eigenvalue weighted by molar-refractivity contribution is 5.90. The summed E-state index contributed by atoms with van der Waals surface area (Å²) in [6.45, 7) is 9.78. The van der Waals surface area contributed by atoms with E-state index in [4.69, 9.17) is 23.7 Å². The molecular weight excluding hydrogens is 546 g/mol. The van der Waals surface area contributed by atoms with Crippen molar-refractivity contribution in [3.8, 4) is 11.5 Å². The number of unbranched alkanes of at least 4 members (excludes halogenated alkanes) is 3. The molecule has 0 radical (unpaired) electrons. The van der Waals surface area contributed by atoms with E-state index in [1.807, 2.05) is 18.2 Å². The lowest BCUT2D eigenvalue weighted by Gasteiger charge is -2.29. The molecule has 4 rings (SSSR count). The molecule has 0 aliphatic carbocycles. The maximum atomic E-state index is 13.8. The van der Waals surface area contributed by atoms with Gasteiger partial charge in [-0.1, -0.05) is 18.9 Å². The van der Waals surface area contributed by atoms with Gasteiger partial charge in [-0.15, -0.1) is 6.58 Å². The average molecular weight is 588 g/mol. The molecule has 3 unspecified atom stereocenters. The van der Waals surface area contributed by atoms with E-state index in [1.54, 1.807) is 25.7 Å². The predicted molar refractivity (Wildman–Crippen MR) is 151 cm³/mol. The number of alkyl carbamates (subject to hydrolysis) is 1. The fourth-order valence-corrected chi connectivity index (χ4v) is 5.34. The van der Waals surface area contributed by atoms with E-state index in [0.29, 0.717) is 37.4 Å². The van der Waals surface area contributed by atoms with Crippen LogP contribution in [-0.2, 0) is 36.9 Å². The van der Waals surface area contributed by atoms with Crippen molar-refractivity contribution in [1.29, 1.82) is 0 Å². The normalized spacial score (nSPS) is 19.6. The van der Waals surface area contributed by atoms with Crippen molar-refractivity contribution in [2.75, 3.05) is 20.4 Å². The van der Waals surface area contributed by atoms with Gasteiger partial charge in [0.1, 0.15) is 23.8 Å². The van der Waals surface area contributed by atoms with Gasteiger partial charge < -0.3 is 33.9 Å². The minimum atomic E-state index is -0.961. The number of methoxy groups -OCH3 is 1. The highest BCUT2D eigenvalue weighted by atomic mass is 16.7. The molecule has 42 heavy (non-hydrogen) atoms. The summed E-state index contributed by atoms with van der Waals surface area (Å²) >= 11 is 0. The molecule has 0 bridgehead atoms. The zero-order valence-corrected chi connectivity index (χ0v) is 24.8. The minimum absolute atomic E-state index is 0.00985. The van der Waals surface area contributed by atoms with Crippen LogP contribution in [0.1, 0.15) is 70.4 Å². The van der Waals surface area contributed by atoms with Crippen LogP contribution in [0.3, 0.4) is 0 Å². The van der Waals surface area contributed by atoms with Gasteiger partial charge in [-0.05, 0) is 63.3 Å². The monoisotopic (exact) mass is 587 g/mol. The number of allylic oxidation sites excluding steroid dienone is 1. The van der Waals surface area contributed by atoms with Gasteiger partial charge in [0.15, 0.2) is 11.5 Å². The van der Waals surface area contributed by atoms with Crippen molar-refractivity contribution in [2.24, 2.45) is 0 Å². The second kappa shape index (κ2) is 13.3. The van der Waals surface area contributed by atoms with Gasteiger partial charge >= 0.3 is 18.2 Å². The molecule has 12 nitrogen and oxygen atoms in total. The van der Waals surface area contributed by atoms with Crippen LogP contribution in [0.15, 0.2) is 24.8 Å². The number of benzene rings is 1. The highest BCUT2D eigenvalue weighted by Crippen LogP contribution is 2.38. The van der Waals surface area contributed by atoms with Gasteiger partial charge in [0.2, 0.25) is 12.7 Å². The third kappa shape index (κ3) is 7.65. The first-order valence-corrected chi connectivity index (χ1v) is 14.3.